The third-order valence-corrected chi connectivity index (χ3v) is 6.55. The maximum atomic E-state index is 13.2. The molecule has 0 saturated carbocycles. The average molecular weight is 464 g/mol. The number of aromatic hydroxyl groups is 1. The number of carbonyl (C=O) groups excluding carboxylic acids is 1. The molecular formula is C23H17FN4O4S. The number of nitrogens with two attached hydrogens (primary N) is 1. The van der Waals surface area contributed by atoms with E-state index in [1.807, 2.05) is 0 Å². The molecule has 0 aliphatic carbocycles. The molecule has 0 radical (unpaired) electrons. The number of benzene rings is 3. The van der Waals surface area contributed by atoms with Crippen molar-refractivity contribution in [2.45, 2.75) is 9.79 Å². The number of sulfone groups is 1. The number of anilines is 2. The summed E-state index contributed by atoms with van der Waals surface area (Å²) in [6.07, 6.45) is 1.99. The fourth-order valence-electron chi connectivity index (χ4n) is 3.05. The van der Waals surface area contributed by atoms with E-state index < -0.39 is 21.8 Å². The molecule has 0 atom stereocenters. The Morgan fingerprint density at radius 3 is 2.12 bits per heavy atom. The Balaban J connectivity index is 1.55. The summed E-state index contributed by atoms with van der Waals surface area (Å²) in [6, 6.07) is 15.7. The molecular weight excluding hydrogens is 447 g/mol. The Morgan fingerprint density at radius 1 is 0.879 bits per heavy atom. The lowest BCUT2D eigenvalue weighted by molar-refractivity contribution is 0.102. The van der Waals surface area contributed by atoms with Crippen molar-refractivity contribution in [1.82, 2.24) is 9.97 Å². The first-order valence-electron chi connectivity index (χ1n) is 9.57. The summed E-state index contributed by atoms with van der Waals surface area (Å²) in [6.45, 7) is 0. The van der Waals surface area contributed by atoms with Gasteiger partial charge in [-0.2, -0.15) is 0 Å². The lowest BCUT2D eigenvalue weighted by Gasteiger charge is -2.11. The Labute approximate surface area is 188 Å². The minimum absolute atomic E-state index is 0.0637. The molecule has 166 valence electrons. The third kappa shape index (κ3) is 4.65. The van der Waals surface area contributed by atoms with Gasteiger partial charge in [-0.3, -0.25) is 4.79 Å². The van der Waals surface area contributed by atoms with Crippen LogP contribution < -0.4 is 11.1 Å². The highest BCUT2D eigenvalue weighted by Gasteiger charge is 2.19. The molecule has 1 heterocycles. The van der Waals surface area contributed by atoms with E-state index in [0.29, 0.717) is 11.4 Å². The van der Waals surface area contributed by atoms with E-state index in [4.69, 9.17) is 10.8 Å². The Morgan fingerprint density at radius 2 is 1.48 bits per heavy atom. The summed E-state index contributed by atoms with van der Waals surface area (Å²) < 4.78 is 38.5. The standard InChI is InChI=1S/C23H17FN4O4S/c24-17-6-1-14(2-7-17)16-5-10-20(25)21(11-16)28-22(29)15-3-8-18(9-4-15)33(31,32)19-12-26-23(30)27-13-19/h1-13H,25H2,(H,28,29)(H,26,27,30). The SMILES string of the molecule is Nc1ccc(-c2ccc(F)cc2)cc1NC(=O)c1ccc(S(=O)(=O)c2cnc(O)nc2)cc1. The van der Waals surface area contributed by atoms with Crippen LogP contribution in [0.25, 0.3) is 11.1 Å². The van der Waals surface area contributed by atoms with Crippen LogP contribution in [0.3, 0.4) is 0 Å². The lowest BCUT2D eigenvalue weighted by atomic mass is 10.0. The molecule has 4 aromatic rings. The van der Waals surface area contributed by atoms with Crippen molar-refractivity contribution in [2.75, 3.05) is 11.1 Å². The van der Waals surface area contributed by atoms with Crippen LogP contribution in [-0.2, 0) is 9.84 Å². The molecule has 0 fully saturated rings. The van der Waals surface area contributed by atoms with Crippen LogP contribution in [0.5, 0.6) is 6.01 Å². The van der Waals surface area contributed by atoms with Crippen LogP contribution in [0.2, 0.25) is 0 Å². The topological polar surface area (TPSA) is 135 Å². The fraction of sp³-hybridized carbons (Fsp3) is 0. The maximum Gasteiger partial charge on any atom is 0.313 e. The molecule has 0 spiro atoms. The van der Waals surface area contributed by atoms with Gasteiger partial charge in [0, 0.05) is 5.56 Å². The van der Waals surface area contributed by atoms with E-state index in [1.54, 1.807) is 30.3 Å². The number of hydrogen-bond acceptors (Lipinski definition) is 7. The van der Waals surface area contributed by atoms with Gasteiger partial charge in [0.15, 0.2) is 0 Å². The van der Waals surface area contributed by atoms with E-state index in [9.17, 15) is 17.6 Å². The number of halogens is 1. The molecule has 4 N–H and O–H groups in total. The van der Waals surface area contributed by atoms with Crippen molar-refractivity contribution in [3.8, 4) is 17.1 Å². The summed E-state index contributed by atoms with van der Waals surface area (Å²) in [7, 11) is -3.92. The van der Waals surface area contributed by atoms with Crippen LogP contribution in [-0.4, -0.2) is 29.4 Å². The van der Waals surface area contributed by atoms with Crippen molar-refractivity contribution in [2.24, 2.45) is 0 Å². The largest absolute Gasteiger partial charge is 0.479 e. The van der Waals surface area contributed by atoms with Crippen molar-refractivity contribution in [3.05, 3.63) is 90.5 Å². The van der Waals surface area contributed by atoms with Crippen molar-refractivity contribution >= 4 is 27.1 Å². The number of rotatable bonds is 5. The third-order valence-electron chi connectivity index (χ3n) is 4.83. The first-order valence-corrected chi connectivity index (χ1v) is 11.1. The Hall–Kier alpha value is -4.31. The number of carbonyl (C=O) groups is 1. The lowest BCUT2D eigenvalue weighted by Crippen LogP contribution is -2.13. The van der Waals surface area contributed by atoms with Gasteiger partial charge in [0.25, 0.3) is 5.91 Å². The van der Waals surface area contributed by atoms with Crippen LogP contribution >= 0.6 is 0 Å². The van der Waals surface area contributed by atoms with E-state index in [1.165, 1.54) is 36.4 Å². The number of amides is 1. The second-order valence-corrected chi connectivity index (χ2v) is 8.96. The van der Waals surface area contributed by atoms with E-state index >= 15 is 0 Å². The van der Waals surface area contributed by atoms with Crippen LogP contribution in [0.1, 0.15) is 10.4 Å². The Kier molecular flexibility index (Phi) is 5.76. The fourth-order valence-corrected chi connectivity index (χ4v) is 4.20. The smallest absolute Gasteiger partial charge is 0.313 e. The monoisotopic (exact) mass is 464 g/mol. The first-order chi connectivity index (χ1) is 15.7. The van der Waals surface area contributed by atoms with Crippen molar-refractivity contribution < 1.29 is 22.7 Å². The number of hydrogen-bond donors (Lipinski definition) is 3. The highest BCUT2D eigenvalue weighted by Crippen LogP contribution is 2.28. The van der Waals surface area contributed by atoms with E-state index in [2.05, 4.69) is 15.3 Å². The molecule has 0 aliphatic rings. The highest BCUT2D eigenvalue weighted by molar-refractivity contribution is 7.91. The molecule has 0 aliphatic heterocycles. The summed E-state index contributed by atoms with van der Waals surface area (Å²) in [5, 5.41) is 11.8. The van der Waals surface area contributed by atoms with Gasteiger partial charge in [0.2, 0.25) is 9.84 Å². The van der Waals surface area contributed by atoms with Crippen LogP contribution in [0.15, 0.2) is 88.9 Å². The van der Waals surface area contributed by atoms with Crippen molar-refractivity contribution in [1.29, 1.82) is 0 Å². The Bertz CT molecular complexity index is 1420. The molecule has 4 rings (SSSR count). The minimum Gasteiger partial charge on any atom is -0.479 e. The van der Waals surface area contributed by atoms with E-state index in [0.717, 1.165) is 23.5 Å². The maximum absolute atomic E-state index is 13.2. The highest BCUT2D eigenvalue weighted by atomic mass is 32.2. The van der Waals surface area contributed by atoms with E-state index in [-0.39, 0.29) is 21.2 Å². The van der Waals surface area contributed by atoms with Gasteiger partial charge in [-0.25, -0.2) is 22.8 Å². The minimum atomic E-state index is -3.92. The van der Waals surface area contributed by atoms with Gasteiger partial charge < -0.3 is 16.2 Å². The molecule has 10 heteroatoms. The molecule has 33 heavy (non-hydrogen) atoms. The zero-order valence-electron chi connectivity index (χ0n) is 16.9. The number of nitrogens with zero attached hydrogens (tertiary/aromatic N) is 2. The normalized spacial score (nSPS) is 11.2. The van der Waals surface area contributed by atoms with Crippen LogP contribution in [0.4, 0.5) is 15.8 Å². The number of nitrogen functional groups attached to an aromatic ring is 1. The van der Waals surface area contributed by atoms with Gasteiger partial charge in [-0.05, 0) is 59.7 Å². The zero-order valence-corrected chi connectivity index (χ0v) is 17.8. The zero-order chi connectivity index (χ0) is 23.6. The molecule has 0 bridgehead atoms. The summed E-state index contributed by atoms with van der Waals surface area (Å²) in [5.74, 6) is -0.846. The van der Waals surface area contributed by atoms with Gasteiger partial charge in [0.1, 0.15) is 10.7 Å². The molecule has 8 nitrogen and oxygen atoms in total. The van der Waals surface area contributed by atoms with Gasteiger partial charge in [-0.1, -0.05) is 18.2 Å². The molecule has 0 saturated heterocycles. The predicted molar refractivity (Wildman–Crippen MR) is 120 cm³/mol. The summed E-state index contributed by atoms with van der Waals surface area (Å²) >= 11 is 0. The summed E-state index contributed by atoms with van der Waals surface area (Å²) in [4.78, 5) is 19.4. The van der Waals surface area contributed by atoms with Gasteiger partial charge >= 0.3 is 6.01 Å². The first kappa shape index (κ1) is 21.9. The molecule has 0 unspecified atom stereocenters. The number of nitrogens with one attached hydrogen (secondary N) is 1. The van der Waals surface area contributed by atoms with Crippen LogP contribution in [0, 0.1) is 5.82 Å². The van der Waals surface area contributed by atoms with Gasteiger partial charge in [0.05, 0.1) is 28.7 Å². The molecule has 3 aromatic carbocycles. The van der Waals surface area contributed by atoms with Crippen molar-refractivity contribution in [3.63, 3.8) is 0 Å². The molecule has 1 amide bonds. The quantitative estimate of drug-likeness (QED) is 0.384. The van der Waals surface area contributed by atoms with Gasteiger partial charge in [-0.15, -0.1) is 0 Å². The average Bonchev–Trinajstić information content (AvgIpc) is 2.81. The predicted octanol–water partition coefficient (Wildman–Crippen LogP) is 3.66. The second kappa shape index (κ2) is 8.67. The summed E-state index contributed by atoms with van der Waals surface area (Å²) in [5.41, 5.74) is 8.38. The second-order valence-electron chi connectivity index (χ2n) is 7.01. The molecule has 1 aromatic heterocycles. The number of aromatic nitrogens is 2.